The van der Waals surface area contributed by atoms with Gasteiger partial charge in [0.1, 0.15) is 0 Å². The molecule has 1 aromatic carbocycles. The molecule has 0 fully saturated rings. The molecule has 0 bridgehead atoms. The van der Waals surface area contributed by atoms with Crippen LogP contribution in [0.25, 0.3) is 0 Å². The van der Waals surface area contributed by atoms with Crippen LogP contribution in [0.5, 0.6) is 11.5 Å². The highest BCUT2D eigenvalue weighted by atomic mass is 16.5. The average Bonchev–Trinajstić information content (AvgIpc) is 2.42. The fraction of sp³-hybridized carbons (Fsp3) is 0.0833. The number of aromatic nitrogens is 2. The molecule has 0 spiro atoms. The number of rotatable bonds is 1. The Bertz CT molecular complexity index is 850. The number of aryl methyl sites for hydroxylation is 1. The highest BCUT2D eigenvalue weighted by Crippen LogP contribution is 2.40. The van der Waals surface area contributed by atoms with E-state index < -0.39 is 17.0 Å². The van der Waals surface area contributed by atoms with Gasteiger partial charge in [-0.15, -0.1) is 0 Å². The van der Waals surface area contributed by atoms with Gasteiger partial charge in [0, 0.05) is 7.05 Å². The van der Waals surface area contributed by atoms with Crippen molar-refractivity contribution in [1.29, 1.82) is 0 Å². The summed E-state index contributed by atoms with van der Waals surface area (Å²) in [5.74, 6) is -0.743. The van der Waals surface area contributed by atoms with Gasteiger partial charge in [0.05, 0.1) is 11.3 Å². The number of nitrogens with one attached hydrogen (secondary N) is 2. The lowest BCUT2D eigenvalue weighted by molar-refractivity contribution is 0.0998. The van der Waals surface area contributed by atoms with E-state index in [0.29, 0.717) is 5.69 Å². The lowest BCUT2D eigenvalue weighted by Crippen LogP contribution is -2.32. The van der Waals surface area contributed by atoms with Gasteiger partial charge in [-0.25, -0.2) is 0 Å². The third-order valence-electron chi connectivity index (χ3n) is 2.97. The maximum atomic E-state index is 12.0. The van der Waals surface area contributed by atoms with E-state index in [1.807, 2.05) is 0 Å². The van der Waals surface area contributed by atoms with Gasteiger partial charge >= 0.3 is 5.56 Å². The number of primary amides is 1. The van der Waals surface area contributed by atoms with Crippen molar-refractivity contribution < 1.29 is 9.53 Å². The Morgan fingerprint density at radius 2 is 2.05 bits per heavy atom. The van der Waals surface area contributed by atoms with Crippen molar-refractivity contribution >= 4 is 17.3 Å². The first kappa shape index (κ1) is 12.0. The second-order valence-corrected chi connectivity index (χ2v) is 4.28. The van der Waals surface area contributed by atoms with Crippen LogP contribution in [0.4, 0.5) is 11.4 Å². The molecule has 0 radical (unpaired) electrons. The van der Waals surface area contributed by atoms with E-state index in [9.17, 15) is 14.4 Å². The van der Waals surface area contributed by atoms with E-state index in [1.165, 1.54) is 13.1 Å². The SMILES string of the molecule is Cn1[nH]c(=O)c2c(c1=O)Nc1cccc(C(N)=O)c1O2. The summed E-state index contributed by atoms with van der Waals surface area (Å²) in [6.07, 6.45) is 0. The quantitative estimate of drug-likeness (QED) is 0.578. The van der Waals surface area contributed by atoms with Crippen LogP contribution < -0.4 is 26.9 Å². The summed E-state index contributed by atoms with van der Waals surface area (Å²) in [4.78, 5) is 35.1. The molecule has 0 atom stereocenters. The summed E-state index contributed by atoms with van der Waals surface area (Å²) in [5, 5.41) is 5.11. The normalized spacial score (nSPS) is 11.8. The monoisotopic (exact) mass is 274 g/mol. The van der Waals surface area contributed by atoms with Gasteiger partial charge in [0.25, 0.3) is 11.5 Å². The molecule has 102 valence electrons. The zero-order chi connectivity index (χ0) is 14.4. The number of nitrogens with zero attached hydrogens (tertiary/aromatic N) is 1. The molecule has 2 aromatic rings. The van der Waals surface area contributed by atoms with E-state index in [0.717, 1.165) is 4.68 Å². The highest BCUT2D eigenvalue weighted by Gasteiger charge is 2.26. The van der Waals surface area contributed by atoms with Crippen molar-refractivity contribution in [3.8, 4) is 11.5 Å². The van der Waals surface area contributed by atoms with Crippen LogP contribution in [0, 0.1) is 0 Å². The fourth-order valence-corrected chi connectivity index (χ4v) is 2.02. The minimum Gasteiger partial charge on any atom is -0.446 e. The van der Waals surface area contributed by atoms with Gasteiger partial charge in [-0.2, -0.15) is 0 Å². The molecule has 0 aliphatic carbocycles. The number of hydrogen-bond donors (Lipinski definition) is 3. The fourth-order valence-electron chi connectivity index (χ4n) is 2.02. The second-order valence-electron chi connectivity index (χ2n) is 4.28. The zero-order valence-electron chi connectivity index (χ0n) is 10.4. The molecule has 8 nitrogen and oxygen atoms in total. The Balaban J connectivity index is 2.27. The van der Waals surface area contributed by atoms with Crippen LogP contribution in [0.3, 0.4) is 0 Å². The summed E-state index contributed by atoms with van der Waals surface area (Å²) < 4.78 is 6.46. The maximum Gasteiger partial charge on any atom is 0.308 e. The molecular formula is C12H10N4O4. The Morgan fingerprint density at radius 1 is 1.30 bits per heavy atom. The zero-order valence-corrected chi connectivity index (χ0v) is 10.4. The van der Waals surface area contributed by atoms with Gasteiger partial charge in [0.15, 0.2) is 11.4 Å². The Morgan fingerprint density at radius 3 is 2.75 bits per heavy atom. The Hall–Kier alpha value is -3.03. The number of benzene rings is 1. The van der Waals surface area contributed by atoms with Gasteiger partial charge in [-0.3, -0.25) is 24.2 Å². The number of carbonyl (C=O) groups is 1. The topological polar surface area (TPSA) is 119 Å². The first-order valence-corrected chi connectivity index (χ1v) is 5.70. The van der Waals surface area contributed by atoms with Crippen molar-refractivity contribution in [3.63, 3.8) is 0 Å². The van der Waals surface area contributed by atoms with Gasteiger partial charge in [-0.05, 0) is 12.1 Å². The van der Waals surface area contributed by atoms with E-state index in [2.05, 4.69) is 10.4 Å². The minimum absolute atomic E-state index is 0.0189. The minimum atomic E-state index is -0.688. The lowest BCUT2D eigenvalue weighted by Gasteiger charge is -2.22. The molecule has 4 N–H and O–H groups in total. The van der Waals surface area contributed by atoms with Crippen molar-refractivity contribution in [1.82, 2.24) is 9.78 Å². The summed E-state index contributed by atoms with van der Waals surface area (Å²) in [7, 11) is 1.42. The van der Waals surface area contributed by atoms with E-state index in [1.54, 1.807) is 12.1 Å². The van der Waals surface area contributed by atoms with Gasteiger partial charge in [-0.1, -0.05) is 6.07 Å². The highest BCUT2D eigenvalue weighted by molar-refractivity contribution is 5.98. The molecule has 0 saturated heterocycles. The number of amides is 1. The van der Waals surface area contributed by atoms with Crippen LogP contribution in [0.2, 0.25) is 0 Å². The molecule has 2 heterocycles. The van der Waals surface area contributed by atoms with Crippen molar-refractivity contribution in [2.75, 3.05) is 5.32 Å². The van der Waals surface area contributed by atoms with Crippen LogP contribution in [-0.4, -0.2) is 15.7 Å². The molecule has 8 heteroatoms. The molecule has 20 heavy (non-hydrogen) atoms. The van der Waals surface area contributed by atoms with E-state index >= 15 is 0 Å². The molecule has 0 unspecified atom stereocenters. The largest absolute Gasteiger partial charge is 0.446 e. The number of ether oxygens (including phenoxy) is 1. The number of aromatic amines is 1. The smallest absolute Gasteiger partial charge is 0.308 e. The second kappa shape index (κ2) is 3.98. The van der Waals surface area contributed by atoms with Crippen LogP contribution in [-0.2, 0) is 7.05 Å². The molecule has 1 aliphatic heterocycles. The Kier molecular flexibility index (Phi) is 2.40. The number of H-pyrrole nitrogens is 1. The summed E-state index contributed by atoms with van der Waals surface area (Å²) in [5.41, 5.74) is 4.76. The van der Waals surface area contributed by atoms with E-state index in [4.69, 9.17) is 10.5 Å². The molecule has 1 aliphatic rings. The van der Waals surface area contributed by atoms with Gasteiger partial charge in [0.2, 0.25) is 5.75 Å². The van der Waals surface area contributed by atoms with Gasteiger partial charge < -0.3 is 15.8 Å². The van der Waals surface area contributed by atoms with Crippen molar-refractivity contribution in [2.24, 2.45) is 12.8 Å². The molecule has 3 rings (SSSR count). The van der Waals surface area contributed by atoms with Crippen molar-refractivity contribution in [3.05, 3.63) is 44.5 Å². The first-order valence-electron chi connectivity index (χ1n) is 5.70. The molecule has 1 amide bonds. The molecule has 1 aromatic heterocycles. The summed E-state index contributed by atoms with van der Waals surface area (Å²) >= 11 is 0. The number of anilines is 2. The predicted molar refractivity (Wildman–Crippen MR) is 70.6 cm³/mol. The standard InChI is InChI=1S/C12H10N4O4/c1-16-12(19)7-9(11(18)15-16)20-8-5(10(13)17)3-2-4-6(8)14-7/h2-4,14H,1H3,(H2,13,17)(H,15,18). The summed E-state index contributed by atoms with van der Waals surface area (Å²) in [6.45, 7) is 0. The molecular weight excluding hydrogens is 264 g/mol. The third kappa shape index (κ3) is 1.58. The number of fused-ring (bicyclic) bond motifs is 2. The number of hydrogen-bond acceptors (Lipinski definition) is 5. The maximum absolute atomic E-state index is 12.0. The van der Waals surface area contributed by atoms with Crippen LogP contribution >= 0.6 is 0 Å². The van der Waals surface area contributed by atoms with Crippen molar-refractivity contribution in [2.45, 2.75) is 0 Å². The average molecular weight is 274 g/mol. The van der Waals surface area contributed by atoms with Crippen LogP contribution in [0.15, 0.2) is 27.8 Å². The number of carbonyl (C=O) groups excluding carboxylic acids is 1. The lowest BCUT2D eigenvalue weighted by atomic mass is 10.1. The molecule has 0 saturated carbocycles. The number of nitrogens with two attached hydrogens (primary N) is 1. The first-order chi connectivity index (χ1) is 9.49. The predicted octanol–water partition coefficient (Wildman–Crippen LogP) is 0.0218. The van der Waals surface area contributed by atoms with E-state index in [-0.39, 0.29) is 22.7 Å². The summed E-state index contributed by atoms with van der Waals surface area (Å²) in [6, 6.07) is 4.69. The Labute approximate surface area is 111 Å². The third-order valence-corrected chi connectivity index (χ3v) is 2.97. The van der Waals surface area contributed by atoms with Crippen LogP contribution in [0.1, 0.15) is 10.4 Å². The number of para-hydroxylation sites is 1.